The number of likely N-dealkylation sites (N-methyl/N-ethyl adjacent to an activating group) is 1. The molecule has 0 bridgehead atoms. The monoisotopic (exact) mass is 381 g/mol. The van der Waals surface area contributed by atoms with Crippen LogP contribution in [0.25, 0.3) is 0 Å². The molecule has 1 aliphatic heterocycles. The van der Waals surface area contributed by atoms with Crippen molar-refractivity contribution in [2.45, 2.75) is 45.4 Å². The van der Waals surface area contributed by atoms with Gasteiger partial charge in [-0.25, -0.2) is 9.59 Å². The summed E-state index contributed by atoms with van der Waals surface area (Å²) in [4.78, 5) is 28.6. The molecule has 152 valence electrons. The lowest BCUT2D eigenvalue weighted by atomic mass is 10.1. The third-order valence-electron chi connectivity index (χ3n) is 4.30. The van der Waals surface area contributed by atoms with E-state index in [1.165, 1.54) is 0 Å². The van der Waals surface area contributed by atoms with E-state index < -0.39 is 11.7 Å². The molecule has 3 amide bonds. The van der Waals surface area contributed by atoms with E-state index >= 15 is 0 Å². The van der Waals surface area contributed by atoms with Crippen LogP contribution in [0.5, 0.6) is 0 Å². The highest BCUT2D eigenvalue weighted by atomic mass is 16.6. The summed E-state index contributed by atoms with van der Waals surface area (Å²) < 4.78 is 7.05. The minimum Gasteiger partial charge on any atom is -0.444 e. The fourth-order valence-corrected chi connectivity index (χ4v) is 2.98. The van der Waals surface area contributed by atoms with Gasteiger partial charge in [0.25, 0.3) is 0 Å². The van der Waals surface area contributed by atoms with Crippen LogP contribution in [0.2, 0.25) is 0 Å². The summed E-state index contributed by atoms with van der Waals surface area (Å²) >= 11 is 0. The van der Waals surface area contributed by atoms with E-state index in [1.54, 1.807) is 15.8 Å². The summed E-state index contributed by atoms with van der Waals surface area (Å²) in [7, 11) is 3.83. The van der Waals surface area contributed by atoms with Crippen LogP contribution in [0.15, 0.2) is 6.33 Å². The topological polar surface area (TPSA) is 105 Å². The molecule has 2 heterocycles. The number of aromatic nitrogens is 3. The Morgan fingerprint density at radius 3 is 2.63 bits per heavy atom. The molecule has 10 heteroatoms. The zero-order chi connectivity index (χ0) is 20.2. The number of carbonyl (C=O) groups is 2. The predicted octanol–water partition coefficient (Wildman–Crippen LogP) is 0.726. The van der Waals surface area contributed by atoms with Gasteiger partial charge in [-0.05, 0) is 34.7 Å². The molecule has 1 fully saturated rings. The van der Waals surface area contributed by atoms with Gasteiger partial charge in [0, 0.05) is 33.2 Å². The molecule has 0 aromatic carbocycles. The molecular weight excluding hydrogens is 350 g/mol. The molecular formula is C17H31N7O3. The highest BCUT2D eigenvalue weighted by Gasteiger charge is 2.31. The summed E-state index contributed by atoms with van der Waals surface area (Å²) in [6.07, 6.45) is 1.12. The van der Waals surface area contributed by atoms with Crippen LogP contribution < -0.4 is 10.6 Å². The number of nitrogens with zero attached hydrogens (tertiary/aromatic N) is 5. The number of hydrogen-bond donors (Lipinski definition) is 2. The number of alkyl carbamates (subject to hydrolysis) is 1. The number of hydrogen-bond acceptors (Lipinski definition) is 6. The first-order valence-corrected chi connectivity index (χ1v) is 9.13. The molecule has 2 atom stereocenters. The Morgan fingerprint density at radius 2 is 2.04 bits per heavy atom. The maximum atomic E-state index is 12.8. The minimum atomic E-state index is -0.559. The number of aryl methyl sites for hydroxylation is 1. The largest absolute Gasteiger partial charge is 0.444 e. The van der Waals surface area contributed by atoms with E-state index in [9.17, 15) is 9.59 Å². The number of amides is 3. The molecule has 10 nitrogen and oxygen atoms in total. The van der Waals surface area contributed by atoms with Gasteiger partial charge in [0.1, 0.15) is 11.9 Å². The van der Waals surface area contributed by atoms with Gasteiger partial charge in [-0.2, -0.15) is 0 Å². The molecule has 27 heavy (non-hydrogen) atoms. The third-order valence-corrected chi connectivity index (χ3v) is 4.30. The van der Waals surface area contributed by atoms with Crippen molar-refractivity contribution >= 4 is 12.1 Å². The van der Waals surface area contributed by atoms with Crippen molar-refractivity contribution in [3.05, 3.63) is 12.2 Å². The van der Waals surface area contributed by atoms with Crippen LogP contribution in [0, 0.1) is 0 Å². The lowest BCUT2D eigenvalue weighted by molar-refractivity contribution is 0.0485. The van der Waals surface area contributed by atoms with Gasteiger partial charge in [-0.3, -0.25) is 0 Å². The minimum absolute atomic E-state index is 0.150. The number of rotatable bonds is 4. The SMILES string of the molecule is C[C@@H](NC(=O)N1CCN(C)C[C@@H]1CNC(=O)OC(C)(C)C)c1nncn1C. The van der Waals surface area contributed by atoms with Gasteiger partial charge in [-0.1, -0.05) is 0 Å². The molecule has 1 aromatic heterocycles. The molecule has 1 saturated heterocycles. The molecule has 1 aromatic rings. The molecule has 0 aliphatic carbocycles. The van der Waals surface area contributed by atoms with Crippen LogP contribution in [-0.4, -0.2) is 81.6 Å². The zero-order valence-corrected chi connectivity index (χ0v) is 17.0. The lowest BCUT2D eigenvalue weighted by Crippen LogP contribution is -2.60. The summed E-state index contributed by atoms with van der Waals surface area (Å²) in [6, 6.07) is -0.610. The lowest BCUT2D eigenvalue weighted by Gasteiger charge is -2.40. The second kappa shape index (κ2) is 8.55. The summed E-state index contributed by atoms with van der Waals surface area (Å²) in [5, 5.41) is 13.6. The molecule has 0 spiro atoms. The third kappa shape index (κ3) is 6.09. The Balaban J connectivity index is 1.96. The van der Waals surface area contributed by atoms with Gasteiger partial charge < -0.3 is 29.7 Å². The molecule has 0 unspecified atom stereocenters. The van der Waals surface area contributed by atoms with Crippen LogP contribution in [-0.2, 0) is 11.8 Å². The Morgan fingerprint density at radius 1 is 1.33 bits per heavy atom. The van der Waals surface area contributed by atoms with Gasteiger partial charge in [0.05, 0.1) is 12.1 Å². The molecule has 0 radical (unpaired) electrons. The van der Waals surface area contributed by atoms with Gasteiger partial charge in [-0.15, -0.1) is 10.2 Å². The van der Waals surface area contributed by atoms with Crippen LogP contribution in [0.4, 0.5) is 9.59 Å². The van der Waals surface area contributed by atoms with Crippen LogP contribution in [0.1, 0.15) is 39.6 Å². The van der Waals surface area contributed by atoms with Crippen molar-refractivity contribution in [1.82, 2.24) is 35.2 Å². The Labute approximate surface area is 160 Å². The van der Waals surface area contributed by atoms with Crippen LogP contribution in [0.3, 0.4) is 0 Å². The maximum absolute atomic E-state index is 12.8. The summed E-state index contributed by atoms with van der Waals surface area (Å²) in [5.41, 5.74) is -0.559. The van der Waals surface area contributed by atoms with E-state index in [4.69, 9.17) is 4.74 Å². The normalized spacial score (nSPS) is 19.5. The Kier molecular flexibility index (Phi) is 6.63. The number of nitrogens with one attached hydrogen (secondary N) is 2. The first-order chi connectivity index (χ1) is 12.6. The van der Waals surface area contributed by atoms with Crippen molar-refractivity contribution in [3.8, 4) is 0 Å². The fourth-order valence-electron chi connectivity index (χ4n) is 2.98. The average molecular weight is 381 g/mol. The second-order valence-corrected chi connectivity index (χ2v) is 7.96. The van der Waals surface area contributed by atoms with E-state index in [1.807, 2.05) is 41.8 Å². The van der Waals surface area contributed by atoms with Gasteiger partial charge in [0.15, 0.2) is 5.82 Å². The number of urea groups is 1. The maximum Gasteiger partial charge on any atom is 0.407 e. The van der Waals surface area contributed by atoms with Crippen molar-refractivity contribution < 1.29 is 14.3 Å². The zero-order valence-electron chi connectivity index (χ0n) is 17.0. The van der Waals surface area contributed by atoms with Crippen molar-refractivity contribution in [1.29, 1.82) is 0 Å². The fraction of sp³-hybridized carbons (Fsp3) is 0.765. The standard InChI is InChI=1S/C17H31N7O3/c1-12(14-21-19-11-23(14)6)20-15(25)24-8-7-22(5)10-13(24)9-18-16(26)27-17(2,3)4/h11-13H,7-10H2,1-6H3,(H,18,26)(H,20,25)/t12-,13+/m1/s1. The summed E-state index contributed by atoms with van der Waals surface area (Å²) in [6.45, 7) is 9.65. The van der Waals surface area contributed by atoms with E-state index in [0.29, 0.717) is 25.5 Å². The summed E-state index contributed by atoms with van der Waals surface area (Å²) in [5.74, 6) is 0.681. The Bertz CT molecular complexity index is 655. The van der Waals surface area contributed by atoms with E-state index in [2.05, 4.69) is 25.7 Å². The van der Waals surface area contributed by atoms with E-state index in [0.717, 1.165) is 6.54 Å². The van der Waals surface area contributed by atoms with Crippen molar-refractivity contribution in [2.75, 3.05) is 33.2 Å². The quantitative estimate of drug-likeness (QED) is 0.797. The first kappa shape index (κ1) is 20.9. The molecule has 2 rings (SSSR count). The smallest absolute Gasteiger partial charge is 0.407 e. The van der Waals surface area contributed by atoms with Crippen molar-refractivity contribution in [2.24, 2.45) is 7.05 Å². The Hall–Kier alpha value is -2.36. The predicted molar refractivity (Wildman–Crippen MR) is 100 cm³/mol. The van der Waals surface area contributed by atoms with Crippen molar-refractivity contribution in [3.63, 3.8) is 0 Å². The molecule has 1 aliphatic rings. The first-order valence-electron chi connectivity index (χ1n) is 9.13. The highest BCUT2D eigenvalue weighted by molar-refractivity contribution is 5.75. The van der Waals surface area contributed by atoms with E-state index in [-0.39, 0.29) is 18.1 Å². The van der Waals surface area contributed by atoms with Crippen LogP contribution >= 0.6 is 0 Å². The average Bonchev–Trinajstić information content (AvgIpc) is 2.97. The van der Waals surface area contributed by atoms with Gasteiger partial charge in [0.2, 0.25) is 0 Å². The number of carbonyl (C=O) groups excluding carboxylic acids is 2. The second-order valence-electron chi connectivity index (χ2n) is 7.96. The number of piperazine rings is 1. The highest BCUT2D eigenvalue weighted by Crippen LogP contribution is 2.13. The molecule has 0 saturated carbocycles. The van der Waals surface area contributed by atoms with Gasteiger partial charge >= 0.3 is 12.1 Å². The number of ether oxygens (including phenoxy) is 1. The molecule has 2 N–H and O–H groups in total.